The van der Waals surface area contributed by atoms with Crippen molar-refractivity contribution in [2.24, 2.45) is 0 Å². The van der Waals surface area contributed by atoms with E-state index in [1.807, 2.05) is 68.4 Å². The van der Waals surface area contributed by atoms with Crippen molar-refractivity contribution in [2.75, 3.05) is 14.2 Å². The lowest BCUT2D eigenvalue weighted by Crippen LogP contribution is -2.29. The normalized spacial score (nSPS) is 17.1. The van der Waals surface area contributed by atoms with Crippen molar-refractivity contribution < 1.29 is 24.2 Å². The number of amides is 1. The fourth-order valence-electron chi connectivity index (χ4n) is 5.12. The first-order valence-electron chi connectivity index (χ1n) is 12.6. The summed E-state index contributed by atoms with van der Waals surface area (Å²) in [6, 6.07) is 18.2. The smallest absolute Gasteiger partial charge is 0.295 e. The van der Waals surface area contributed by atoms with Crippen molar-refractivity contribution in [3.05, 3.63) is 99.6 Å². The van der Waals surface area contributed by atoms with Crippen molar-refractivity contribution in [1.82, 2.24) is 4.90 Å². The van der Waals surface area contributed by atoms with Crippen molar-refractivity contribution in [2.45, 2.75) is 52.6 Å². The van der Waals surface area contributed by atoms with Gasteiger partial charge in [0, 0.05) is 5.56 Å². The predicted molar refractivity (Wildman–Crippen MR) is 148 cm³/mol. The van der Waals surface area contributed by atoms with Gasteiger partial charge in [-0.25, -0.2) is 0 Å². The Kier molecular flexibility index (Phi) is 7.36. The minimum absolute atomic E-state index is 0.0386. The average molecular weight is 514 g/mol. The molecule has 3 aromatic rings. The van der Waals surface area contributed by atoms with Gasteiger partial charge in [0.2, 0.25) is 0 Å². The molecule has 0 spiro atoms. The second kappa shape index (κ2) is 10.4. The van der Waals surface area contributed by atoms with Crippen LogP contribution in [0.1, 0.15) is 60.2 Å². The maximum Gasteiger partial charge on any atom is 0.295 e. The van der Waals surface area contributed by atoms with Crippen molar-refractivity contribution in [3.63, 3.8) is 0 Å². The molecule has 6 nitrogen and oxygen atoms in total. The van der Waals surface area contributed by atoms with Crippen LogP contribution in [0.4, 0.5) is 0 Å². The van der Waals surface area contributed by atoms with Gasteiger partial charge in [0.25, 0.3) is 11.7 Å². The number of benzene rings is 3. The van der Waals surface area contributed by atoms with Gasteiger partial charge in [-0.1, -0.05) is 69.3 Å². The Morgan fingerprint density at radius 1 is 0.947 bits per heavy atom. The first kappa shape index (κ1) is 27.0. The van der Waals surface area contributed by atoms with E-state index in [-0.39, 0.29) is 23.3 Å². The molecule has 1 fully saturated rings. The number of para-hydroxylation sites is 1. The zero-order valence-electron chi connectivity index (χ0n) is 23.1. The summed E-state index contributed by atoms with van der Waals surface area (Å²) < 4.78 is 11.1. The van der Waals surface area contributed by atoms with Crippen LogP contribution in [0.3, 0.4) is 0 Å². The highest BCUT2D eigenvalue weighted by Crippen LogP contribution is 2.43. The molecule has 198 valence electrons. The number of ketones is 1. The lowest BCUT2D eigenvalue weighted by molar-refractivity contribution is -0.140. The molecule has 1 unspecified atom stereocenters. The van der Waals surface area contributed by atoms with Crippen molar-refractivity contribution >= 4 is 17.4 Å². The van der Waals surface area contributed by atoms with Crippen LogP contribution in [0.5, 0.6) is 11.5 Å². The molecule has 1 amide bonds. The Bertz CT molecular complexity index is 1410. The molecule has 1 saturated heterocycles. The van der Waals surface area contributed by atoms with E-state index in [2.05, 4.69) is 20.8 Å². The maximum atomic E-state index is 13.6. The topological polar surface area (TPSA) is 76.1 Å². The summed E-state index contributed by atoms with van der Waals surface area (Å²) in [5, 5.41) is 11.6. The van der Waals surface area contributed by atoms with Gasteiger partial charge in [-0.3, -0.25) is 9.59 Å². The second-order valence-corrected chi connectivity index (χ2v) is 10.8. The van der Waals surface area contributed by atoms with E-state index >= 15 is 0 Å². The Balaban J connectivity index is 1.94. The summed E-state index contributed by atoms with van der Waals surface area (Å²) in [4.78, 5) is 28.6. The third-order valence-corrected chi connectivity index (χ3v) is 7.04. The number of aryl methyl sites for hydroxylation is 2. The molecule has 1 N–H and O–H groups in total. The van der Waals surface area contributed by atoms with Gasteiger partial charge in [-0.2, -0.15) is 0 Å². The number of rotatable bonds is 6. The van der Waals surface area contributed by atoms with Crippen LogP contribution in [-0.4, -0.2) is 35.9 Å². The minimum Gasteiger partial charge on any atom is -0.507 e. The third-order valence-electron chi connectivity index (χ3n) is 7.04. The van der Waals surface area contributed by atoms with Crippen LogP contribution in [0.25, 0.3) is 5.76 Å². The molecule has 0 aliphatic carbocycles. The van der Waals surface area contributed by atoms with Crippen LogP contribution >= 0.6 is 0 Å². The van der Waals surface area contributed by atoms with Crippen molar-refractivity contribution in [3.8, 4) is 11.5 Å². The third kappa shape index (κ3) is 4.91. The number of carbonyl (C=O) groups is 2. The van der Waals surface area contributed by atoms with Gasteiger partial charge in [-0.15, -0.1) is 0 Å². The molecule has 0 aromatic heterocycles. The molecular weight excluding hydrogens is 478 g/mol. The van der Waals surface area contributed by atoms with E-state index in [0.29, 0.717) is 17.1 Å². The highest BCUT2D eigenvalue weighted by molar-refractivity contribution is 6.46. The van der Waals surface area contributed by atoms with Gasteiger partial charge in [0.15, 0.2) is 0 Å². The summed E-state index contributed by atoms with van der Waals surface area (Å²) in [6.07, 6.45) is 0. The molecule has 1 atom stereocenters. The maximum absolute atomic E-state index is 13.6. The molecule has 38 heavy (non-hydrogen) atoms. The largest absolute Gasteiger partial charge is 0.507 e. The number of Topliss-reactive ketones (excluding diaryl/α,β-unsaturated/α-hetero) is 1. The lowest BCUT2D eigenvalue weighted by Gasteiger charge is -2.27. The number of carbonyl (C=O) groups excluding carboxylic acids is 2. The average Bonchev–Trinajstić information content (AvgIpc) is 3.12. The molecule has 6 heteroatoms. The van der Waals surface area contributed by atoms with Crippen LogP contribution in [-0.2, 0) is 21.5 Å². The highest BCUT2D eigenvalue weighted by atomic mass is 16.5. The van der Waals surface area contributed by atoms with E-state index in [9.17, 15) is 14.7 Å². The van der Waals surface area contributed by atoms with Crippen LogP contribution in [0.15, 0.2) is 66.2 Å². The summed E-state index contributed by atoms with van der Waals surface area (Å²) in [7, 11) is 3.10. The molecule has 0 bridgehead atoms. The number of ether oxygens (including phenoxy) is 2. The van der Waals surface area contributed by atoms with Crippen LogP contribution < -0.4 is 9.47 Å². The van der Waals surface area contributed by atoms with Gasteiger partial charge < -0.3 is 19.5 Å². The summed E-state index contributed by atoms with van der Waals surface area (Å²) in [6.45, 7) is 10.3. The van der Waals surface area contributed by atoms with E-state index < -0.39 is 17.7 Å². The number of aliphatic hydroxyl groups is 1. The molecule has 1 aliphatic rings. The van der Waals surface area contributed by atoms with Gasteiger partial charge >= 0.3 is 0 Å². The van der Waals surface area contributed by atoms with Gasteiger partial charge in [0.1, 0.15) is 17.3 Å². The first-order chi connectivity index (χ1) is 18.0. The number of hydrogen-bond acceptors (Lipinski definition) is 5. The van der Waals surface area contributed by atoms with E-state index in [0.717, 1.165) is 27.8 Å². The molecule has 0 radical (unpaired) electrons. The number of hydrogen-bond donors (Lipinski definition) is 1. The predicted octanol–water partition coefficient (Wildman–Crippen LogP) is 6.24. The quantitative estimate of drug-likeness (QED) is 0.240. The standard InChI is InChI=1S/C32H35NO5/c1-19-16-20(2)30(38-7)24(17-19)28(34)26-27(21-12-14-23(15-13-21)32(3,4)5)33(31(36)29(26)35)18-22-10-8-9-11-25(22)37-6/h8-17,27,34H,18H2,1-7H3/b28-26+. The highest BCUT2D eigenvalue weighted by Gasteiger charge is 2.46. The number of nitrogens with zero attached hydrogens (tertiary/aromatic N) is 1. The zero-order valence-corrected chi connectivity index (χ0v) is 23.1. The zero-order chi connectivity index (χ0) is 27.8. The molecular formula is C32H35NO5. The lowest BCUT2D eigenvalue weighted by atomic mass is 9.85. The number of methoxy groups -OCH3 is 2. The van der Waals surface area contributed by atoms with Gasteiger partial charge in [-0.05, 0) is 53.6 Å². The fraction of sp³-hybridized carbons (Fsp3) is 0.312. The monoisotopic (exact) mass is 513 g/mol. The summed E-state index contributed by atoms with van der Waals surface area (Å²) in [5.41, 5.74) is 4.70. The molecule has 3 aromatic carbocycles. The molecule has 4 rings (SSSR count). The number of likely N-dealkylation sites (tertiary alicyclic amines) is 1. The van der Waals surface area contributed by atoms with E-state index in [4.69, 9.17) is 9.47 Å². The SMILES string of the molecule is COc1ccccc1CN1C(=O)C(=O)/C(=C(/O)c2cc(C)cc(C)c2OC)C1c1ccc(C(C)(C)C)cc1. The van der Waals surface area contributed by atoms with E-state index in [1.165, 1.54) is 12.0 Å². The minimum atomic E-state index is -0.792. The molecule has 0 saturated carbocycles. The van der Waals surface area contributed by atoms with Gasteiger partial charge in [0.05, 0.1) is 37.9 Å². The van der Waals surface area contributed by atoms with Crippen LogP contribution in [0, 0.1) is 13.8 Å². The first-order valence-corrected chi connectivity index (χ1v) is 12.6. The summed E-state index contributed by atoms with van der Waals surface area (Å²) in [5.74, 6) is -0.577. The summed E-state index contributed by atoms with van der Waals surface area (Å²) >= 11 is 0. The van der Waals surface area contributed by atoms with Crippen LogP contribution in [0.2, 0.25) is 0 Å². The Morgan fingerprint density at radius 3 is 2.21 bits per heavy atom. The fourth-order valence-corrected chi connectivity index (χ4v) is 5.12. The number of aliphatic hydroxyl groups excluding tert-OH is 1. The molecule has 1 aliphatic heterocycles. The van der Waals surface area contributed by atoms with Crippen molar-refractivity contribution in [1.29, 1.82) is 0 Å². The second-order valence-electron chi connectivity index (χ2n) is 10.8. The van der Waals surface area contributed by atoms with E-state index in [1.54, 1.807) is 13.2 Å². The Labute approximate surface area is 224 Å². The Hall–Kier alpha value is -4.06. The Morgan fingerprint density at radius 2 is 1.61 bits per heavy atom. The molecule has 1 heterocycles.